The molecule has 3 rings (SSSR count). The zero-order valence-corrected chi connectivity index (χ0v) is 19.4. The summed E-state index contributed by atoms with van der Waals surface area (Å²) >= 11 is 0. The average molecular weight is 510 g/mol. The fraction of sp³-hybridized carbons (Fsp3) is 0.292. The van der Waals surface area contributed by atoms with Crippen molar-refractivity contribution in [3.63, 3.8) is 0 Å². The van der Waals surface area contributed by atoms with Crippen LogP contribution in [0.3, 0.4) is 0 Å². The molecule has 2 amide bonds. The highest BCUT2D eigenvalue weighted by Gasteiger charge is 2.36. The van der Waals surface area contributed by atoms with Gasteiger partial charge in [-0.05, 0) is 30.7 Å². The molecule has 0 aliphatic heterocycles. The van der Waals surface area contributed by atoms with Crippen LogP contribution in [0.25, 0.3) is 0 Å². The van der Waals surface area contributed by atoms with Crippen molar-refractivity contribution in [3.05, 3.63) is 82.5 Å². The molecule has 4 N–H and O–H groups in total. The van der Waals surface area contributed by atoms with E-state index in [2.05, 4.69) is 20.8 Å². The minimum atomic E-state index is -4.79. The molecule has 36 heavy (non-hydrogen) atoms. The second-order valence-electron chi connectivity index (χ2n) is 8.66. The Bertz CT molecular complexity index is 1250. The van der Waals surface area contributed by atoms with Gasteiger partial charge in [0.25, 0.3) is 5.91 Å². The van der Waals surface area contributed by atoms with E-state index in [0.29, 0.717) is 11.3 Å². The molecule has 0 saturated heterocycles. The standard InChI is InChI=1S/C24H23F5N4O3/c1-12(30-22(36)20(34)16-6-4-5-7-17(16)24(27,28)29)21(35)31-19-11-18(32-33-19)23(2,3)13-8-14(25)10-15(26)9-13/h4-12,20,34H,1-3H3,(H,30,36)(H2,31,32,33,35)/t12-,20-/m0/s1. The van der Waals surface area contributed by atoms with Crippen LogP contribution in [0.15, 0.2) is 48.5 Å². The number of anilines is 1. The third-order valence-corrected chi connectivity index (χ3v) is 5.62. The summed E-state index contributed by atoms with van der Waals surface area (Å²) in [4.78, 5) is 24.9. The number of alkyl halides is 3. The number of rotatable bonds is 7. The molecular weight excluding hydrogens is 487 g/mol. The second-order valence-corrected chi connectivity index (χ2v) is 8.66. The highest BCUT2D eigenvalue weighted by Crippen LogP contribution is 2.35. The molecule has 0 radical (unpaired) electrons. The number of nitrogens with zero attached hydrogens (tertiary/aromatic N) is 1. The van der Waals surface area contributed by atoms with Gasteiger partial charge in [0.1, 0.15) is 23.5 Å². The van der Waals surface area contributed by atoms with Crippen molar-refractivity contribution in [2.75, 3.05) is 5.32 Å². The van der Waals surface area contributed by atoms with Gasteiger partial charge in [-0.15, -0.1) is 0 Å². The van der Waals surface area contributed by atoms with E-state index in [4.69, 9.17) is 0 Å². The number of hydrogen-bond donors (Lipinski definition) is 4. The summed E-state index contributed by atoms with van der Waals surface area (Å²) in [5.74, 6) is -3.37. The summed E-state index contributed by atoms with van der Waals surface area (Å²) in [6, 6.07) is 7.32. The van der Waals surface area contributed by atoms with Crippen molar-refractivity contribution >= 4 is 17.6 Å². The van der Waals surface area contributed by atoms with Gasteiger partial charge in [-0.25, -0.2) is 8.78 Å². The summed E-state index contributed by atoms with van der Waals surface area (Å²) in [5, 5.41) is 21.4. The maximum atomic E-state index is 13.7. The van der Waals surface area contributed by atoms with Gasteiger partial charge < -0.3 is 15.7 Å². The molecular formula is C24H23F5N4O3. The number of H-pyrrole nitrogens is 1. The van der Waals surface area contributed by atoms with Crippen LogP contribution in [-0.4, -0.2) is 33.2 Å². The fourth-order valence-corrected chi connectivity index (χ4v) is 3.50. The largest absolute Gasteiger partial charge is 0.416 e. The van der Waals surface area contributed by atoms with Gasteiger partial charge in [0.15, 0.2) is 6.10 Å². The molecule has 2 aromatic carbocycles. The Kier molecular flexibility index (Phi) is 7.48. The van der Waals surface area contributed by atoms with Crippen LogP contribution in [-0.2, 0) is 21.2 Å². The minimum Gasteiger partial charge on any atom is -0.378 e. The van der Waals surface area contributed by atoms with Crippen LogP contribution in [0.5, 0.6) is 0 Å². The SMILES string of the molecule is C[C@H](NC(=O)[C@@H](O)c1ccccc1C(F)(F)F)C(=O)Nc1cc(C(C)(C)c2cc(F)cc(F)c2)n[nH]1. The summed E-state index contributed by atoms with van der Waals surface area (Å²) in [5.41, 5.74) is -2.12. The molecule has 0 saturated carbocycles. The molecule has 0 unspecified atom stereocenters. The quantitative estimate of drug-likeness (QED) is 0.357. The van der Waals surface area contributed by atoms with Crippen LogP contribution in [0.1, 0.15) is 49.3 Å². The van der Waals surface area contributed by atoms with Crippen LogP contribution in [0, 0.1) is 11.6 Å². The normalized spacial score (nSPS) is 13.7. The first kappa shape index (κ1) is 26.8. The van der Waals surface area contributed by atoms with E-state index in [0.717, 1.165) is 36.4 Å². The predicted molar refractivity (Wildman–Crippen MR) is 120 cm³/mol. The Morgan fingerprint density at radius 2 is 1.61 bits per heavy atom. The molecule has 0 fully saturated rings. The number of aromatic nitrogens is 2. The van der Waals surface area contributed by atoms with Gasteiger partial charge in [-0.2, -0.15) is 18.3 Å². The number of aromatic amines is 1. The van der Waals surface area contributed by atoms with Gasteiger partial charge in [-0.1, -0.05) is 32.0 Å². The Morgan fingerprint density at radius 3 is 2.22 bits per heavy atom. The van der Waals surface area contributed by atoms with E-state index in [1.807, 2.05) is 0 Å². The number of halogens is 5. The molecule has 12 heteroatoms. The van der Waals surface area contributed by atoms with Gasteiger partial charge >= 0.3 is 6.18 Å². The monoisotopic (exact) mass is 510 g/mol. The first-order valence-corrected chi connectivity index (χ1v) is 10.7. The van der Waals surface area contributed by atoms with Gasteiger partial charge in [0.05, 0.1) is 11.3 Å². The van der Waals surface area contributed by atoms with E-state index in [-0.39, 0.29) is 5.82 Å². The smallest absolute Gasteiger partial charge is 0.378 e. The number of aliphatic hydroxyl groups is 1. The van der Waals surface area contributed by atoms with Crippen LogP contribution >= 0.6 is 0 Å². The van der Waals surface area contributed by atoms with Crippen LogP contribution < -0.4 is 10.6 Å². The summed E-state index contributed by atoms with van der Waals surface area (Å²) < 4.78 is 66.9. The number of carbonyl (C=O) groups is 2. The van der Waals surface area contributed by atoms with Crippen molar-refractivity contribution in [1.82, 2.24) is 15.5 Å². The average Bonchev–Trinajstić information content (AvgIpc) is 3.26. The topological polar surface area (TPSA) is 107 Å². The van der Waals surface area contributed by atoms with Crippen molar-refractivity contribution in [2.24, 2.45) is 0 Å². The Hall–Kier alpha value is -3.80. The van der Waals surface area contributed by atoms with E-state index in [9.17, 15) is 36.6 Å². The molecule has 0 aliphatic carbocycles. The van der Waals surface area contributed by atoms with E-state index in [1.54, 1.807) is 13.8 Å². The molecule has 192 valence electrons. The molecule has 1 heterocycles. The molecule has 7 nitrogen and oxygen atoms in total. The lowest BCUT2D eigenvalue weighted by molar-refractivity contribution is -0.141. The molecule has 2 atom stereocenters. The zero-order valence-electron chi connectivity index (χ0n) is 19.4. The van der Waals surface area contributed by atoms with Gasteiger partial charge in [0.2, 0.25) is 5.91 Å². The van der Waals surface area contributed by atoms with E-state index in [1.165, 1.54) is 19.1 Å². The van der Waals surface area contributed by atoms with Gasteiger partial charge in [-0.3, -0.25) is 14.7 Å². The molecule has 0 spiro atoms. The zero-order chi connectivity index (χ0) is 26.8. The van der Waals surface area contributed by atoms with E-state index < -0.39 is 58.3 Å². The number of amides is 2. The fourth-order valence-electron chi connectivity index (χ4n) is 3.50. The highest BCUT2D eigenvalue weighted by atomic mass is 19.4. The molecule has 0 aliphatic rings. The Balaban J connectivity index is 1.68. The molecule has 1 aromatic heterocycles. The Labute approximate surface area is 202 Å². The Morgan fingerprint density at radius 1 is 1.00 bits per heavy atom. The van der Waals surface area contributed by atoms with Crippen molar-refractivity contribution in [1.29, 1.82) is 0 Å². The lowest BCUT2D eigenvalue weighted by Crippen LogP contribution is -2.44. The lowest BCUT2D eigenvalue weighted by atomic mass is 9.81. The first-order chi connectivity index (χ1) is 16.7. The maximum absolute atomic E-state index is 13.7. The minimum absolute atomic E-state index is 0.101. The lowest BCUT2D eigenvalue weighted by Gasteiger charge is -2.23. The summed E-state index contributed by atoms with van der Waals surface area (Å²) in [6.07, 6.45) is -6.95. The highest BCUT2D eigenvalue weighted by molar-refractivity contribution is 5.97. The molecule has 0 bridgehead atoms. The van der Waals surface area contributed by atoms with Crippen molar-refractivity contribution in [2.45, 2.75) is 44.5 Å². The number of nitrogens with one attached hydrogen (secondary N) is 3. The summed E-state index contributed by atoms with van der Waals surface area (Å²) in [6.45, 7) is 4.62. The number of hydrogen-bond acceptors (Lipinski definition) is 4. The number of benzene rings is 2. The van der Waals surface area contributed by atoms with Crippen LogP contribution in [0.4, 0.5) is 27.8 Å². The van der Waals surface area contributed by atoms with Gasteiger partial charge in [0, 0.05) is 23.1 Å². The van der Waals surface area contributed by atoms with Crippen LogP contribution in [0.2, 0.25) is 0 Å². The van der Waals surface area contributed by atoms with E-state index >= 15 is 0 Å². The number of aliphatic hydroxyl groups excluding tert-OH is 1. The second kappa shape index (κ2) is 10.1. The maximum Gasteiger partial charge on any atom is 0.416 e. The predicted octanol–water partition coefficient (Wildman–Crippen LogP) is 4.21. The summed E-state index contributed by atoms with van der Waals surface area (Å²) in [7, 11) is 0. The third kappa shape index (κ3) is 5.88. The van der Waals surface area contributed by atoms with Crippen molar-refractivity contribution in [3.8, 4) is 0 Å². The third-order valence-electron chi connectivity index (χ3n) is 5.62. The molecule has 3 aromatic rings. The first-order valence-electron chi connectivity index (χ1n) is 10.7. The van der Waals surface area contributed by atoms with Crippen molar-refractivity contribution < 1.29 is 36.6 Å². The number of carbonyl (C=O) groups excluding carboxylic acids is 2.